The van der Waals surface area contributed by atoms with E-state index in [0.29, 0.717) is 23.1 Å². The zero-order chi connectivity index (χ0) is 24.3. The zero-order valence-corrected chi connectivity index (χ0v) is 21.9. The van der Waals surface area contributed by atoms with E-state index in [-0.39, 0.29) is 18.1 Å². The van der Waals surface area contributed by atoms with Gasteiger partial charge in [-0.25, -0.2) is 9.78 Å². The molecule has 0 aromatic carbocycles. The van der Waals surface area contributed by atoms with E-state index < -0.39 is 15.9 Å². The van der Waals surface area contributed by atoms with Gasteiger partial charge in [0.2, 0.25) is 0 Å². The summed E-state index contributed by atoms with van der Waals surface area (Å²) in [4.78, 5) is 31.2. The maximum Gasteiger partial charge on any atom is 0.410 e. The highest BCUT2D eigenvalue weighted by Gasteiger charge is 2.35. The monoisotopic (exact) mass is 485 g/mol. The van der Waals surface area contributed by atoms with Gasteiger partial charge in [-0.2, -0.15) is 0 Å². The average Bonchev–Trinajstić information content (AvgIpc) is 2.61. The molecule has 0 radical (unpaired) electrons. The molecule has 0 atom stereocenters. The number of hydrogen-bond donors (Lipinski definition) is 1. The highest BCUT2D eigenvalue weighted by Crippen LogP contribution is 2.38. The molecule has 1 fully saturated rings. The molecule has 9 heteroatoms. The van der Waals surface area contributed by atoms with Crippen LogP contribution in [0, 0.1) is 0 Å². The summed E-state index contributed by atoms with van der Waals surface area (Å²) in [6.07, 6.45) is 2.83. The maximum atomic E-state index is 12.7. The van der Waals surface area contributed by atoms with Crippen molar-refractivity contribution in [3.8, 4) is 0 Å². The number of nitrogens with one attached hydrogen (secondary N) is 1. The van der Waals surface area contributed by atoms with Crippen molar-refractivity contribution in [2.75, 3.05) is 18.4 Å². The second kappa shape index (κ2) is 10.1. The van der Waals surface area contributed by atoms with Crippen LogP contribution in [0.3, 0.4) is 0 Å². The summed E-state index contributed by atoms with van der Waals surface area (Å²) >= 11 is 7.55. The Labute approximate surface area is 201 Å². The lowest BCUT2D eigenvalue weighted by Crippen LogP contribution is -2.44. The molecule has 2 heterocycles. The van der Waals surface area contributed by atoms with E-state index in [4.69, 9.17) is 21.1 Å². The molecule has 0 unspecified atom stereocenters. The van der Waals surface area contributed by atoms with E-state index >= 15 is 0 Å². The van der Waals surface area contributed by atoms with Gasteiger partial charge in [0.25, 0.3) is 0 Å². The van der Waals surface area contributed by atoms with Crippen LogP contribution in [0.2, 0.25) is 5.02 Å². The van der Waals surface area contributed by atoms with Crippen molar-refractivity contribution < 1.29 is 19.1 Å². The maximum absolute atomic E-state index is 12.7. The Hall–Kier alpha value is -1.67. The van der Waals surface area contributed by atoms with Crippen molar-refractivity contribution in [1.82, 2.24) is 9.88 Å². The van der Waals surface area contributed by atoms with Crippen LogP contribution < -0.4 is 5.32 Å². The van der Waals surface area contributed by atoms with Crippen LogP contribution in [0.5, 0.6) is 0 Å². The third-order valence-electron chi connectivity index (χ3n) is 4.57. The number of pyridine rings is 1. The standard InChI is InChI=1S/C23H36ClN3O4S/c1-21(2,3)30-19(28)23(7,8)32-18-17(13-15(24)14-25-18)26-16-9-11-27(12-10-16)20(29)31-22(4,5)6/h13-14,16,26H,9-12H2,1-8H3. The molecule has 2 rings (SSSR count). The average molecular weight is 486 g/mol. The smallest absolute Gasteiger partial charge is 0.410 e. The second-order valence-electron chi connectivity index (χ2n) is 10.5. The number of nitrogens with zero attached hydrogens (tertiary/aromatic N) is 2. The van der Waals surface area contributed by atoms with Crippen LogP contribution in [0.25, 0.3) is 0 Å². The molecule has 0 bridgehead atoms. The summed E-state index contributed by atoms with van der Waals surface area (Å²) in [6, 6.07) is 1.97. The van der Waals surface area contributed by atoms with Crippen molar-refractivity contribution >= 4 is 41.1 Å². The number of aromatic nitrogens is 1. The van der Waals surface area contributed by atoms with Gasteiger partial charge >= 0.3 is 12.1 Å². The summed E-state index contributed by atoms with van der Waals surface area (Å²) < 4.78 is 10.2. The van der Waals surface area contributed by atoms with Crippen LogP contribution in [0.1, 0.15) is 68.2 Å². The Balaban J connectivity index is 2.05. The Kier molecular flexibility index (Phi) is 8.37. The number of likely N-dealkylation sites (tertiary alicyclic amines) is 1. The third-order valence-corrected chi connectivity index (χ3v) is 5.97. The van der Waals surface area contributed by atoms with Crippen molar-refractivity contribution in [1.29, 1.82) is 0 Å². The minimum atomic E-state index is -0.829. The summed E-state index contributed by atoms with van der Waals surface area (Å²) in [5, 5.41) is 4.70. The van der Waals surface area contributed by atoms with Crippen LogP contribution in [-0.2, 0) is 14.3 Å². The Morgan fingerprint density at radius 1 is 1.06 bits per heavy atom. The lowest BCUT2D eigenvalue weighted by Gasteiger charge is -2.34. The number of piperidine rings is 1. The van der Waals surface area contributed by atoms with E-state index in [1.54, 1.807) is 11.1 Å². The fourth-order valence-corrected chi connectivity index (χ4v) is 4.15. The summed E-state index contributed by atoms with van der Waals surface area (Å²) in [6.45, 7) is 16.0. The predicted octanol–water partition coefficient (Wildman–Crippen LogP) is 5.76. The number of thioether (sulfide) groups is 1. The quantitative estimate of drug-likeness (QED) is 0.419. The van der Waals surface area contributed by atoms with E-state index in [1.807, 2.05) is 61.5 Å². The fourth-order valence-electron chi connectivity index (χ4n) is 3.05. The van der Waals surface area contributed by atoms with Crippen LogP contribution >= 0.6 is 23.4 Å². The second-order valence-corrected chi connectivity index (χ2v) is 12.6. The SMILES string of the molecule is CC(C)(C)OC(=O)N1CCC(Nc2cc(Cl)cnc2SC(C)(C)C(=O)OC(C)(C)C)CC1. The Bertz CT molecular complexity index is 826. The molecular formula is C23H36ClN3O4S. The molecule has 1 amide bonds. The molecule has 1 aromatic heterocycles. The summed E-state index contributed by atoms with van der Waals surface area (Å²) in [5.74, 6) is -0.302. The first-order chi connectivity index (χ1) is 14.6. The summed E-state index contributed by atoms with van der Waals surface area (Å²) in [7, 11) is 0. The fraction of sp³-hybridized carbons (Fsp3) is 0.696. The molecular weight excluding hydrogens is 450 g/mol. The Morgan fingerprint density at radius 3 is 2.16 bits per heavy atom. The predicted molar refractivity (Wildman–Crippen MR) is 129 cm³/mol. The normalized spacial score (nSPS) is 16.0. The molecule has 0 spiro atoms. The molecule has 1 aliphatic rings. The van der Waals surface area contributed by atoms with E-state index in [9.17, 15) is 9.59 Å². The molecule has 7 nitrogen and oxygen atoms in total. The molecule has 1 N–H and O–H groups in total. The number of carbonyl (C=O) groups excluding carboxylic acids is 2. The third kappa shape index (κ3) is 8.35. The Morgan fingerprint density at radius 2 is 1.62 bits per heavy atom. The van der Waals surface area contributed by atoms with E-state index in [0.717, 1.165) is 18.5 Å². The number of hydrogen-bond acceptors (Lipinski definition) is 7. The number of carbonyl (C=O) groups is 2. The van der Waals surface area contributed by atoms with Gasteiger partial charge in [-0.1, -0.05) is 23.4 Å². The highest BCUT2D eigenvalue weighted by atomic mass is 35.5. The van der Waals surface area contributed by atoms with E-state index in [1.165, 1.54) is 11.8 Å². The number of halogens is 1. The van der Waals surface area contributed by atoms with Gasteiger partial charge in [0, 0.05) is 25.3 Å². The highest BCUT2D eigenvalue weighted by molar-refractivity contribution is 8.01. The molecule has 0 aliphatic carbocycles. The number of ether oxygens (including phenoxy) is 2. The van der Waals surface area contributed by atoms with Gasteiger partial charge < -0.3 is 19.7 Å². The number of amides is 1. The first kappa shape index (κ1) is 26.6. The van der Waals surface area contributed by atoms with Crippen molar-refractivity contribution in [3.63, 3.8) is 0 Å². The van der Waals surface area contributed by atoms with Crippen molar-refractivity contribution in [2.24, 2.45) is 0 Å². The molecule has 1 aromatic rings. The number of esters is 1. The first-order valence-corrected chi connectivity index (χ1v) is 12.1. The largest absolute Gasteiger partial charge is 0.459 e. The van der Waals surface area contributed by atoms with Gasteiger partial charge in [0.05, 0.1) is 10.7 Å². The lowest BCUT2D eigenvalue weighted by atomic mass is 10.1. The van der Waals surface area contributed by atoms with Gasteiger partial charge in [0.15, 0.2) is 0 Å². The van der Waals surface area contributed by atoms with E-state index in [2.05, 4.69) is 10.3 Å². The zero-order valence-electron chi connectivity index (χ0n) is 20.4. The van der Waals surface area contributed by atoms with Gasteiger partial charge in [-0.05, 0) is 74.3 Å². The first-order valence-electron chi connectivity index (χ1n) is 10.9. The van der Waals surface area contributed by atoms with Gasteiger partial charge in [-0.15, -0.1) is 0 Å². The van der Waals surface area contributed by atoms with Gasteiger partial charge in [-0.3, -0.25) is 4.79 Å². The van der Waals surface area contributed by atoms with Crippen LogP contribution in [0.4, 0.5) is 10.5 Å². The number of anilines is 1. The molecule has 180 valence electrons. The molecule has 32 heavy (non-hydrogen) atoms. The summed E-state index contributed by atoms with van der Waals surface area (Å²) in [5.41, 5.74) is -0.299. The van der Waals surface area contributed by atoms with Gasteiger partial charge in [0.1, 0.15) is 21.0 Å². The van der Waals surface area contributed by atoms with Crippen molar-refractivity contribution in [3.05, 3.63) is 17.3 Å². The molecule has 1 aliphatic heterocycles. The minimum absolute atomic E-state index is 0.151. The lowest BCUT2D eigenvalue weighted by molar-refractivity contribution is -0.156. The molecule has 1 saturated heterocycles. The topological polar surface area (TPSA) is 80.8 Å². The van der Waals surface area contributed by atoms with Crippen LogP contribution in [-0.4, -0.2) is 57.0 Å². The number of rotatable bonds is 5. The molecule has 0 saturated carbocycles. The van der Waals surface area contributed by atoms with Crippen LogP contribution in [0.15, 0.2) is 17.3 Å². The minimum Gasteiger partial charge on any atom is -0.459 e. The van der Waals surface area contributed by atoms with Crippen molar-refractivity contribution in [2.45, 2.75) is 95.2 Å².